The van der Waals surface area contributed by atoms with Crippen LogP contribution in [0, 0.1) is 0 Å². The van der Waals surface area contributed by atoms with E-state index in [-0.39, 0.29) is 11.8 Å². The summed E-state index contributed by atoms with van der Waals surface area (Å²) in [5.74, 6) is 0.213. The Morgan fingerprint density at radius 1 is 1.39 bits per heavy atom. The highest BCUT2D eigenvalue weighted by Crippen LogP contribution is 2.36. The van der Waals surface area contributed by atoms with Crippen LogP contribution in [-0.4, -0.2) is 23.0 Å². The smallest absolute Gasteiger partial charge is 0.154 e. The Morgan fingerprint density at radius 2 is 2.06 bits per heavy atom. The number of benzene rings is 1. The Morgan fingerprint density at radius 3 is 2.67 bits per heavy atom. The molecule has 1 atom stereocenters. The molecule has 0 bridgehead atoms. The largest absolute Gasteiger partial charge is 0.298 e. The third-order valence-electron chi connectivity index (χ3n) is 3.64. The van der Waals surface area contributed by atoms with E-state index in [1.165, 1.54) is 5.56 Å². The molecule has 3 heteroatoms. The van der Waals surface area contributed by atoms with Gasteiger partial charge in [0.2, 0.25) is 0 Å². The summed E-state index contributed by atoms with van der Waals surface area (Å²) >= 11 is 0. The van der Waals surface area contributed by atoms with E-state index in [0.717, 1.165) is 6.42 Å². The van der Waals surface area contributed by atoms with E-state index in [1.54, 1.807) is 0 Å². The highest BCUT2D eigenvalue weighted by atomic mass is 16.7. The highest BCUT2D eigenvalue weighted by Gasteiger charge is 2.42. The van der Waals surface area contributed by atoms with Gasteiger partial charge in [0.25, 0.3) is 0 Å². The van der Waals surface area contributed by atoms with Crippen LogP contribution in [-0.2, 0) is 9.63 Å². The Kier molecular flexibility index (Phi) is 3.83. The first-order valence-corrected chi connectivity index (χ1v) is 6.58. The van der Waals surface area contributed by atoms with Crippen LogP contribution in [0.1, 0.15) is 45.2 Å². The summed E-state index contributed by atoms with van der Waals surface area (Å²) in [6.45, 7) is 6.47. The van der Waals surface area contributed by atoms with E-state index in [4.69, 9.17) is 4.84 Å². The van der Waals surface area contributed by atoms with Crippen LogP contribution in [0.2, 0.25) is 0 Å². The monoisotopic (exact) mass is 247 g/mol. The summed E-state index contributed by atoms with van der Waals surface area (Å²) < 4.78 is 0. The van der Waals surface area contributed by atoms with Crippen molar-refractivity contribution in [3.63, 3.8) is 0 Å². The molecule has 0 N–H and O–H groups in total. The second-order valence-corrected chi connectivity index (χ2v) is 5.21. The fourth-order valence-electron chi connectivity index (χ4n) is 2.55. The topological polar surface area (TPSA) is 29.5 Å². The van der Waals surface area contributed by atoms with Crippen LogP contribution in [0.4, 0.5) is 0 Å². The predicted octanol–water partition coefficient (Wildman–Crippen LogP) is 3.12. The second-order valence-electron chi connectivity index (χ2n) is 5.21. The van der Waals surface area contributed by atoms with Crippen LogP contribution in [0.3, 0.4) is 0 Å². The molecular formula is C15H21NO2. The lowest BCUT2D eigenvalue weighted by atomic mass is 9.93. The molecule has 18 heavy (non-hydrogen) atoms. The molecule has 0 saturated carbocycles. The molecule has 1 aromatic rings. The van der Waals surface area contributed by atoms with Gasteiger partial charge in [-0.05, 0) is 25.8 Å². The number of carbonyl (C=O) groups is 1. The number of Topliss-reactive ketones (excluding diaryl/α,β-unsaturated/α-hetero) is 1. The molecule has 0 aliphatic carbocycles. The summed E-state index contributed by atoms with van der Waals surface area (Å²) in [6, 6.07) is 10.4. The minimum Gasteiger partial charge on any atom is -0.298 e. The van der Waals surface area contributed by atoms with E-state index >= 15 is 0 Å². The van der Waals surface area contributed by atoms with Gasteiger partial charge >= 0.3 is 0 Å². The van der Waals surface area contributed by atoms with Gasteiger partial charge in [0.05, 0.1) is 18.2 Å². The maximum absolute atomic E-state index is 12.1. The average Bonchev–Trinajstić information content (AvgIpc) is 2.88. The summed E-state index contributed by atoms with van der Waals surface area (Å²) in [5.41, 5.74) is 0.651. The van der Waals surface area contributed by atoms with Gasteiger partial charge in [0.1, 0.15) is 0 Å². The molecule has 1 saturated heterocycles. The zero-order valence-electron chi connectivity index (χ0n) is 11.3. The number of hydrogen-bond acceptors (Lipinski definition) is 3. The van der Waals surface area contributed by atoms with E-state index in [9.17, 15) is 4.79 Å². The van der Waals surface area contributed by atoms with Crippen molar-refractivity contribution in [2.45, 2.75) is 45.2 Å². The van der Waals surface area contributed by atoms with Crippen molar-refractivity contribution >= 4 is 5.78 Å². The van der Waals surface area contributed by atoms with Crippen LogP contribution < -0.4 is 0 Å². The summed E-state index contributed by atoms with van der Waals surface area (Å²) in [5, 5.41) is 1.88. The van der Waals surface area contributed by atoms with Gasteiger partial charge in [-0.15, -0.1) is 0 Å². The molecule has 0 radical (unpaired) electrons. The molecule has 0 spiro atoms. The maximum atomic E-state index is 12.1. The molecule has 1 aromatic carbocycles. The van der Waals surface area contributed by atoms with E-state index < -0.39 is 5.54 Å². The third-order valence-corrected chi connectivity index (χ3v) is 3.64. The van der Waals surface area contributed by atoms with Crippen molar-refractivity contribution in [2.24, 2.45) is 0 Å². The number of hydrogen-bond donors (Lipinski definition) is 0. The van der Waals surface area contributed by atoms with E-state index in [1.807, 2.05) is 44.0 Å². The van der Waals surface area contributed by atoms with Crippen LogP contribution >= 0.6 is 0 Å². The number of hydroxylamine groups is 2. The SMILES string of the molecule is CCC(=O)C(C)(C)N1OCCC1c1ccccc1. The van der Waals surface area contributed by atoms with Crippen molar-refractivity contribution in [3.05, 3.63) is 35.9 Å². The fourth-order valence-corrected chi connectivity index (χ4v) is 2.55. The maximum Gasteiger partial charge on any atom is 0.154 e. The predicted molar refractivity (Wildman–Crippen MR) is 71.0 cm³/mol. The zero-order chi connectivity index (χ0) is 13.2. The number of carbonyl (C=O) groups excluding carboxylic acids is 1. The van der Waals surface area contributed by atoms with Crippen molar-refractivity contribution in [2.75, 3.05) is 6.61 Å². The van der Waals surface area contributed by atoms with Crippen molar-refractivity contribution in [1.29, 1.82) is 0 Å². The number of ketones is 1. The third kappa shape index (κ3) is 2.33. The molecule has 1 fully saturated rings. The minimum atomic E-state index is -0.564. The van der Waals surface area contributed by atoms with Gasteiger partial charge in [-0.2, -0.15) is 5.06 Å². The molecule has 0 amide bonds. The first-order chi connectivity index (χ1) is 8.57. The molecule has 1 aliphatic heterocycles. The molecular weight excluding hydrogens is 226 g/mol. The Bertz CT molecular complexity index is 414. The lowest BCUT2D eigenvalue weighted by molar-refractivity contribution is -0.197. The molecule has 1 heterocycles. The Balaban J connectivity index is 2.25. The first kappa shape index (κ1) is 13.2. The lowest BCUT2D eigenvalue weighted by Crippen LogP contribution is -2.48. The molecule has 3 nitrogen and oxygen atoms in total. The summed E-state index contributed by atoms with van der Waals surface area (Å²) in [7, 11) is 0. The fraction of sp³-hybridized carbons (Fsp3) is 0.533. The molecule has 0 aromatic heterocycles. The molecule has 2 rings (SSSR count). The van der Waals surface area contributed by atoms with Crippen LogP contribution in [0.15, 0.2) is 30.3 Å². The minimum absolute atomic E-state index is 0.177. The van der Waals surface area contributed by atoms with Gasteiger partial charge in [0.15, 0.2) is 5.78 Å². The van der Waals surface area contributed by atoms with E-state index in [0.29, 0.717) is 13.0 Å². The molecule has 1 unspecified atom stereocenters. The van der Waals surface area contributed by atoms with Crippen molar-refractivity contribution < 1.29 is 9.63 Å². The normalized spacial score (nSPS) is 21.2. The van der Waals surface area contributed by atoms with Gasteiger partial charge in [0, 0.05) is 6.42 Å². The van der Waals surface area contributed by atoms with Gasteiger partial charge in [-0.25, -0.2) is 0 Å². The quantitative estimate of drug-likeness (QED) is 0.818. The van der Waals surface area contributed by atoms with Crippen molar-refractivity contribution in [3.8, 4) is 0 Å². The summed E-state index contributed by atoms with van der Waals surface area (Å²) in [4.78, 5) is 17.8. The van der Waals surface area contributed by atoms with Crippen molar-refractivity contribution in [1.82, 2.24) is 5.06 Å². The van der Waals surface area contributed by atoms with Crippen LogP contribution in [0.5, 0.6) is 0 Å². The zero-order valence-corrected chi connectivity index (χ0v) is 11.3. The highest BCUT2D eigenvalue weighted by molar-refractivity contribution is 5.87. The van der Waals surface area contributed by atoms with Crippen LogP contribution in [0.25, 0.3) is 0 Å². The first-order valence-electron chi connectivity index (χ1n) is 6.58. The molecule has 98 valence electrons. The van der Waals surface area contributed by atoms with Gasteiger partial charge in [-0.1, -0.05) is 37.3 Å². The van der Waals surface area contributed by atoms with Gasteiger partial charge in [-0.3, -0.25) is 9.63 Å². The van der Waals surface area contributed by atoms with E-state index in [2.05, 4.69) is 12.1 Å². The van der Waals surface area contributed by atoms with Gasteiger partial charge < -0.3 is 0 Å². The lowest BCUT2D eigenvalue weighted by Gasteiger charge is -2.36. The number of rotatable bonds is 4. The second kappa shape index (κ2) is 5.21. The Labute approximate surface area is 109 Å². The standard InChI is InChI=1S/C15H21NO2/c1-4-14(17)15(2,3)16-13(10-11-18-16)12-8-6-5-7-9-12/h5-9,13H,4,10-11H2,1-3H3. The summed E-state index contributed by atoms with van der Waals surface area (Å²) in [6.07, 6.45) is 1.47. The number of nitrogens with zero attached hydrogens (tertiary/aromatic N) is 1. The Hall–Kier alpha value is -1.19. The molecule has 1 aliphatic rings. The average molecular weight is 247 g/mol.